The Morgan fingerprint density at radius 2 is 0.600 bits per heavy atom. The third-order valence-corrected chi connectivity index (χ3v) is 16.0. The molecular formula is C80H134NO8P. The number of carbonyl (C=O) groups is 2. The third-order valence-electron chi connectivity index (χ3n) is 15.0. The van der Waals surface area contributed by atoms with Gasteiger partial charge in [0.15, 0.2) is 6.10 Å². The Morgan fingerprint density at radius 1 is 0.344 bits per heavy atom. The van der Waals surface area contributed by atoms with Crippen LogP contribution in [0, 0.1) is 0 Å². The van der Waals surface area contributed by atoms with Gasteiger partial charge in [-0.05, 0) is 122 Å². The first-order valence-electron chi connectivity index (χ1n) is 36.2. The molecule has 0 saturated heterocycles. The van der Waals surface area contributed by atoms with E-state index >= 15 is 0 Å². The van der Waals surface area contributed by atoms with Crippen molar-refractivity contribution in [2.75, 3.05) is 47.5 Å². The van der Waals surface area contributed by atoms with Crippen LogP contribution in [-0.4, -0.2) is 70.0 Å². The zero-order valence-electron chi connectivity index (χ0n) is 58.3. The fourth-order valence-electron chi connectivity index (χ4n) is 9.58. The second-order valence-corrected chi connectivity index (χ2v) is 26.2. The van der Waals surface area contributed by atoms with Gasteiger partial charge in [0.1, 0.15) is 19.8 Å². The number of phosphoric acid groups is 1. The Hall–Kier alpha value is -4.37. The quantitative estimate of drug-likeness (QED) is 0.0195. The van der Waals surface area contributed by atoms with Crippen LogP contribution in [0.5, 0.6) is 0 Å². The number of unbranched alkanes of at least 4 members (excludes halogenated alkanes) is 25. The largest absolute Gasteiger partial charge is 0.756 e. The molecule has 0 bridgehead atoms. The summed E-state index contributed by atoms with van der Waals surface area (Å²) < 4.78 is 34.3. The number of quaternary nitrogens is 1. The minimum absolute atomic E-state index is 0.0380. The molecule has 0 heterocycles. The van der Waals surface area contributed by atoms with E-state index in [2.05, 4.69) is 172 Å². The first-order valence-corrected chi connectivity index (χ1v) is 37.7. The van der Waals surface area contributed by atoms with Gasteiger partial charge in [0, 0.05) is 12.8 Å². The number of hydrogen-bond acceptors (Lipinski definition) is 8. The van der Waals surface area contributed by atoms with E-state index in [1.807, 2.05) is 21.1 Å². The second-order valence-electron chi connectivity index (χ2n) is 24.8. The van der Waals surface area contributed by atoms with Crippen molar-refractivity contribution in [2.24, 2.45) is 0 Å². The Kier molecular flexibility index (Phi) is 65.6. The number of likely N-dealkylation sites (N-methyl/N-ethyl adjacent to an activating group) is 1. The van der Waals surface area contributed by atoms with Crippen LogP contribution in [0.4, 0.5) is 0 Å². The average molecular weight is 1270 g/mol. The highest BCUT2D eigenvalue weighted by atomic mass is 31.2. The van der Waals surface area contributed by atoms with Gasteiger partial charge < -0.3 is 27.9 Å². The first-order chi connectivity index (χ1) is 44.0. The maximum atomic E-state index is 12.9. The Labute approximate surface area is 554 Å². The number of ether oxygens (including phenoxy) is 2. The molecule has 10 heteroatoms. The molecule has 0 saturated carbocycles. The topological polar surface area (TPSA) is 111 Å². The molecular weight excluding hydrogens is 1130 g/mol. The molecule has 90 heavy (non-hydrogen) atoms. The van der Waals surface area contributed by atoms with Gasteiger partial charge in [0.05, 0.1) is 27.7 Å². The highest BCUT2D eigenvalue weighted by Gasteiger charge is 2.22. The molecule has 0 aliphatic heterocycles. The van der Waals surface area contributed by atoms with Crippen molar-refractivity contribution in [3.8, 4) is 0 Å². The number of esters is 2. The molecule has 0 aromatic carbocycles. The third kappa shape index (κ3) is 72.7. The van der Waals surface area contributed by atoms with Gasteiger partial charge in [-0.15, -0.1) is 0 Å². The maximum absolute atomic E-state index is 12.9. The normalized spacial score (nSPS) is 14.1. The molecule has 9 nitrogen and oxygen atoms in total. The smallest absolute Gasteiger partial charge is 0.306 e. The van der Waals surface area contributed by atoms with Gasteiger partial charge in [-0.3, -0.25) is 14.2 Å². The first kappa shape index (κ1) is 85.6. The van der Waals surface area contributed by atoms with Gasteiger partial charge in [-0.1, -0.05) is 307 Å². The molecule has 2 unspecified atom stereocenters. The lowest BCUT2D eigenvalue weighted by Gasteiger charge is -2.28. The Morgan fingerprint density at radius 3 is 0.889 bits per heavy atom. The SMILES string of the molecule is CC/C=C\C/C=C\C/C=C\C/C=C\C/C=C\C/C=C\C/C=C\CCCCCCCCCCCCCCCCCC(=O)OC(COC(=O)CCCCCCCCCCCC/C=C\C/C=C\C/C=C\C/C=C\C/C=C\C/C=C\CC)COP(=O)([O-])OCC[N+](C)(C)C. The zero-order valence-corrected chi connectivity index (χ0v) is 59.2. The van der Waals surface area contributed by atoms with Crippen LogP contribution >= 0.6 is 7.82 Å². The highest BCUT2D eigenvalue weighted by molar-refractivity contribution is 7.45. The minimum atomic E-state index is -4.65. The number of hydrogen-bond donors (Lipinski definition) is 0. The van der Waals surface area contributed by atoms with E-state index in [0.29, 0.717) is 17.4 Å². The number of phosphoric ester groups is 1. The van der Waals surface area contributed by atoms with Crippen molar-refractivity contribution in [3.63, 3.8) is 0 Å². The minimum Gasteiger partial charge on any atom is -0.756 e. The molecule has 2 atom stereocenters. The highest BCUT2D eigenvalue weighted by Crippen LogP contribution is 2.38. The van der Waals surface area contributed by atoms with Gasteiger partial charge >= 0.3 is 11.9 Å². The molecule has 0 amide bonds. The monoisotopic (exact) mass is 1270 g/mol. The summed E-state index contributed by atoms with van der Waals surface area (Å²) in [6, 6.07) is 0. The van der Waals surface area contributed by atoms with Gasteiger partial charge in [0.25, 0.3) is 7.82 Å². The average Bonchev–Trinajstić information content (AvgIpc) is 3.58. The van der Waals surface area contributed by atoms with E-state index in [4.69, 9.17) is 18.5 Å². The van der Waals surface area contributed by atoms with Crippen molar-refractivity contribution in [1.29, 1.82) is 0 Å². The van der Waals surface area contributed by atoms with Crippen LogP contribution < -0.4 is 4.89 Å². The molecule has 0 aromatic heterocycles. The van der Waals surface area contributed by atoms with E-state index in [9.17, 15) is 19.0 Å². The van der Waals surface area contributed by atoms with Crippen LogP contribution in [-0.2, 0) is 32.7 Å². The number of allylic oxidation sites excluding steroid dienone is 26. The molecule has 0 aliphatic carbocycles. The predicted octanol–water partition coefficient (Wildman–Crippen LogP) is 23.3. The summed E-state index contributed by atoms with van der Waals surface area (Å²) >= 11 is 0. The lowest BCUT2D eigenvalue weighted by molar-refractivity contribution is -0.870. The van der Waals surface area contributed by atoms with E-state index in [1.54, 1.807) is 0 Å². The Balaban J connectivity index is 4.07. The molecule has 0 fully saturated rings. The van der Waals surface area contributed by atoms with Crippen LogP contribution in [0.25, 0.3) is 0 Å². The standard InChI is InChI=1S/C80H134NO8P/c1-6-8-10-12-14-16-18-20-22-24-26-28-30-32-34-36-37-38-39-40-41-42-43-45-47-49-51-53-55-57-59-61-63-65-67-69-71-73-80(83)89-78(77-88-90(84,85)87-75-74-81(3,4)5)76-86-79(82)72-70-68-66-64-62-60-58-56-54-52-50-48-46-44-35-33-31-29-27-25-23-21-19-17-15-13-11-9-7-2/h8-11,14-17,20-23,26-29,32-35,37-38,40-41,46,48,78H,6-7,12-13,18-19,24-25,30-31,36,39,42-45,47,49-77H2,1-5H3/b10-8-,11-9-,16-14-,17-15-,22-20-,23-21-,28-26-,29-27-,34-32-,35-33-,38-37-,41-40-,48-46-. The fraction of sp³-hybridized carbons (Fsp3) is 0.650. The maximum Gasteiger partial charge on any atom is 0.306 e. The molecule has 0 aromatic rings. The fourth-order valence-corrected chi connectivity index (χ4v) is 10.3. The second kappa shape index (κ2) is 69.0. The molecule has 512 valence electrons. The van der Waals surface area contributed by atoms with Gasteiger partial charge in [-0.2, -0.15) is 0 Å². The summed E-state index contributed by atoms with van der Waals surface area (Å²) in [5.41, 5.74) is 0. The summed E-state index contributed by atoms with van der Waals surface area (Å²) in [7, 11) is 1.15. The molecule has 0 N–H and O–H groups in total. The van der Waals surface area contributed by atoms with E-state index in [0.717, 1.165) is 135 Å². The summed E-state index contributed by atoms with van der Waals surface area (Å²) in [6.45, 7) is 4.01. The summed E-state index contributed by atoms with van der Waals surface area (Å²) in [5.74, 6) is -0.841. The van der Waals surface area contributed by atoms with Crippen LogP contribution in [0.3, 0.4) is 0 Å². The zero-order chi connectivity index (χ0) is 65.5. The molecule has 0 spiro atoms. The lowest BCUT2D eigenvalue weighted by Crippen LogP contribution is -2.37. The number of nitrogens with zero attached hydrogens (tertiary/aromatic N) is 1. The van der Waals surface area contributed by atoms with E-state index in [-0.39, 0.29) is 32.0 Å². The van der Waals surface area contributed by atoms with Crippen LogP contribution in [0.15, 0.2) is 158 Å². The molecule has 0 rings (SSSR count). The molecule has 0 aliphatic rings. The number of carbonyl (C=O) groups excluding carboxylic acids is 2. The summed E-state index contributed by atoms with van der Waals surface area (Å²) in [6.07, 6.45) is 103. The molecule has 0 radical (unpaired) electrons. The van der Waals surface area contributed by atoms with Gasteiger partial charge in [0.2, 0.25) is 0 Å². The van der Waals surface area contributed by atoms with Crippen molar-refractivity contribution in [1.82, 2.24) is 0 Å². The predicted molar refractivity (Wildman–Crippen MR) is 387 cm³/mol. The van der Waals surface area contributed by atoms with Crippen LogP contribution in [0.1, 0.15) is 284 Å². The van der Waals surface area contributed by atoms with Crippen molar-refractivity contribution in [3.05, 3.63) is 158 Å². The Bertz CT molecular complexity index is 2080. The van der Waals surface area contributed by atoms with Gasteiger partial charge in [-0.25, -0.2) is 0 Å². The van der Waals surface area contributed by atoms with Crippen molar-refractivity contribution in [2.45, 2.75) is 290 Å². The summed E-state index contributed by atoms with van der Waals surface area (Å²) in [5, 5.41) is 0. The van der Waals surface area contributed by atoms with Crippen LogP contribution in [0.2, 0.25) is 0 Å². The van der Waals surface area contributed by atoms with E-state index in [1.165, 1.54) is 116 Å². The number of rotatable bonds is 65. The van der Waals surface area contributed by atoms with E-state index < -0.39 is 26.5 Å². The van der Waals surface area contributed by atoms with Crippen molar-refractivity contribution < 1.29 is 42.1 Å². The van der Waals surface area contributed by atoms with Crippen molar-refractivity contribution >= 4 is 19.8 Å². The summed E-state index contributed by atoms with van der Waals surface area (Å²) in [4.78, 5) is 38.1. The lowest BCUT2D eigenvalue weighted by atomic mass is 10.0.